The molecule has 20 heavy (non-hydrogen) atoms. The van der Waals surface area contributed by atoms with Gasteiger partial charge in [0.1, 0.15) is 11.4 Å². The minimum atomic E-state index is -0.657. The number of hydrogen-bond acceptors (Lipinski definition) is 5. The molecule has 0 radical (unpaired) electrons. The fraction of sp³-hybridized carbons (Fsp3) is 0.154. The third-order valence-corrected chi connectivity index (χ3v) is 2.63. The van der Waals surface area contributed by atoms with Crippen molar-refractivity contribution in [3.63, 3.8) is 0 Å². The summed E-state index contributed by atoms with van der Waals surface area (Å²) in [7, 11) is 0. The van der Waals surface area contributed by atoms with Crippen molar-refractivity contribution >= 4 is 17.6 Å². The fourth-order valence-corrected chi connectivity index (χ4v) is 1.77. The van der Waals surface area contributed by atoms with Crippen molar-refractivity contribution in [2.75, 3.05) is 12.3 Å². The molecular formula is C13H14N4O3. The zero-order valence-electron chi connectivity index (χ0n) is 10.9. The van der Waals surface area contributed by atoms with E-state index in [-0.39, 0.29) is 17.9 Å². The zero-order valence-corrected chi connectivity index (χ0v) is 10.9. The lowest BCUT2D eigenvalue weighted by molar-refractivity contribution is 0.0526. The second kappa shape index (κ2) is 5.43. The Balaban J connectivity index is 2.54. The van der Waals surface area contributed by atoms with Crippen molar-refractivity contribution in [3.05, 3.63) is 41.7 Å². The molecule has 4 N–H and O–H groups in total. The van der Waals surface area contributed by atoms with Crippen molar-refractivity contribution in [1.82, 2.24) is 9.78 Å². The molecule has 0 unspecified atom stereocenters. The molecule has 7 heteroatoms. The number of para-hydroxylation sites is 1. The molecule has 2 aromatic rings. The van der Waals surface area contributed by atoms with E-state index in [2.05, 4.69) is 5.10 Å². The SMILES string of the molecule is CCOC(=O)c1cccc(N)c1-n1ccc(C(N)=O)n1. The summed E-state index contributed by atoms with van der Waals surface area (Å²) in [5.41, 5.74) is 12.1. The molecule has 0 aliphatic rings. The van der Waals surface area contributed by atoms with Gasteiger partial charge in [0.15, 0.2) is 0 Å². The second-order valence-electron chi connectivity index (χ2n) is 3.97. The lowest BCUT2D eigenvalue weighted by Gasteiger charge is -2.11. The average Bonchev–Trinajstić information content (AvgIpc) is 2.88. The topological polar surface area (TPSA) is 113 Å². The van der Waals surface area contributed by atoms with Gasteiger partial charge in [-0.3, -0.25) is 4.79 Å². The molecule has 1 aromatic carbocycles. The standard InChI is InChI=1S/C13H14N4O3/c1-2-20-13(19)8-4-3-5-9(14)11(8)17-7-6-10(16-17)12(15)18/h3-7H,2,14H2,1H3,(H2,15,18). The number of hydrogen-bond donors (Lipinski definition) is 2. The first-order chi connectivity index (χ1) is 9.54. The number of carbonyl (C=O) groups is 2. The van der Waals surface area contributed by atoms with Crippen molar-refractivity contribution in [1.29, 1.82) is 0 Å². The van der Waals surface area contributed by atoms with Gasteiger partial charge in [-0.1, -0.05) is 6.07 Å². The largest absolute Gasteiger partial charge is 0.462 e. The first-order valence-electron chi connectivity index (χ1n) is 5.96. The van der Waals surface area contributed by atoms with E-state index in [1.165, 1.54) is 16.9 Å². The van der Waals surface area contributed by atoms with Gasteiger partial charge in [-0.25, -0.2) is 9.48 Å². The van der Waals surface area contributed by atoms with Gasteiger partial charge in [-0.05, 0) is 25.1 Å². The zero-order chi connectivity index (χ0) is 14.7. The van der Waals surface area contributed by atoms with Crippen LogP contribution in [0.2, 0.25) is 0 Å². The molecule has 1 heterocycles. The number of rotatable bonds is 4. The Hall–Kier alpha value is -2.83. The fourth-order valence-electron chi connectivity index (χ4n) is 1.77. The van der Waals surface area contributed by atoms with Gasteiger partial charge in [-0.15, -0.1) is 0 Å². The third kappa shape index (κ3) is 2.46. The highest BCUT2D eigenvalue weighted by Gasteiger charge is 2.18. The number of benzene rings is 1. The number of nitrogens with two attached hydrogens (primary N) is 2. The molecule has 0 atom stereocenters. The van der Waals surface area contributed by atoms with Crippen LogP contribution in [0.4, 0.5) is 5.69 Å². The van der Waals surface area contributed by atoms with Gasteiger partial charge in [0.2, 0.25) is 0 Å². The maximum Gasteiger partial charge on any atom is 0.340 e. The van der Waals surface area contributed by atoms with Crippen LogP contribution in [0.5, 0.6) is 0 Å². The van der Waals surface area contributed by atoms with Crippen LogP contribution >= 0.6 is 0 Å². The summed E-state index contributed by atoms with van der Waals surface area (Å²) in [5.74, 6) is -1.16. The Morgan fingerprint density at radius 3 is 2.70 bits per heavy atom. The molecule has 0 aliphatic carbocycles. The van der Waals surface area contributed by atoms with Crippen LogP contribution in [0, 0.1) is 0 Å². The monoisotopic (exact) mass is 274 g/mol. The van der Waals surface area contributed by atoms with Crippen LogP contribution < -0.4 is 11.5 Å². The first-order valence-corrected chi connectivity index (χ1v) is 5.96. The first kappa shape index (κ1) is 13.6. The van der Waals surface area contributed by atoms with E-state index < -0.39 is 11.9 Å². The third-order valence-electron chi connectivity index (χ3n) is 2.63. The number of nitrogen functional groups attached to an aromatic ring is 1. The predicted octanol–water partition coefficient (Wildman–Crippen LogP) is 0.730. The van der Waals surface area contributed by atoms with E-state index in [4.69, 9.17) is 16.2 Å². The molecule has 0 aliphatic heterocycles. The molecule has 0 fully saturated rings. The van der Waals surface area contributed by atoms with Gasteiger partial charge in [0.25, 0.3) is 5.91 Å². The summed E-state index contributed by atoms with van der Waals surface area (Å²) < 4.78 is 6.31. The van der Waals surface area contributed by atoms with E-state index in [1.807, 2.05) is 0 Å². The average molecular weight is 274 g/mol. The molecule has 0 bridgehead atoms. The lowest BCUT2D eigenvalue weighted by atomic mass is 10.1. The Morgan fingerprint density at radius 1 is 1.35 bits per heavy atom. The molecule has 2 rings (SSSR count). The van der Waals surface area contributed by atoms with Gasteiger partial charge in [-0.2, -0.15) is 5.10 Å². The maximum atomic E-state index is 11.9. The van der Waals surface area contributed by atoms with Crippen molar-refractivity contribution in [3.8, 4) is 5.69 Å². The van der Waals surface area contributed by atoms with Crippen LogP contribution in [0.3, 0.4) is 0 Å². The summed E-state index contributed by atoms with van der Waals surface area (Å²) in [6, 6.07) is 6.30. The van der Waals surface area contributed by atoms with Gasteiger partial charge in [0, 0.05) is 6.20 Å². The minimum Gasteiger partial charge on any atom is -0.462 e. The molecule has 104 valence electrons. The summed E-state index contributed by atoms with van der Waals surface area (Å²) in [5, 5.41) is 4.00. The summed E-state index contributed by atoms with van der Waals surface area (Å²) in [6.45, 7) is 1.96. The number of aromatic nitrogens is 2. The molecule has 0 saturated carbocycles. The van der Waals surface area contributed by atoms with Crippen LogP contribution in [-0.2, 0) is 4.74 Å². The Kier molecular flexibility index (Phi) is 3.69. The van der Waals surface area contributed by atoms with Crippen LogP contribution in [0.25, 0.3) is 5.69 Å². The summed E-state index contributed by atoms with van der Waals surface area (Å²) >= 11 is 0. The normalized spacial score (nSPS) is 10.2. The lowest BCUT2D eigenvalue weighted by Crippen LogP contribution is -2.14. The Bertz CT molecular complexity index is 663. The number of nitrogens with zero attached hydrogens (tertiary/aromatic N) is 2. The smallest absolute Gasteiger partial charge is 0.340 e. The molecule has 0 spiro atoms. The highest BCUT2D eigenvalue weighted by atomic mass is 16.5. The highest BCUT2D eigenvalue weighted by Crippen LogP contribution is 2.22. The van der Waals surface area contributed by atoms with Crippen molar-refractivity contribution in [2.24, 2.45) is 5.73 Å². The molecule has 7 nitrogen and oxygen atoms in total. The number of ether oxygens (including phenoxy) is 1. The van der Waals surface area contributed by atoms with E-state index in [0.717, 1.165) is 0 Å². The van der Waals surface area contributed by atoms with Crippen LogP contribution in [-0.4, -0.2) is 28.3 Å². The Morgan fingerprint density at radius 2 is 2.10 bits per heavy atom. The summed E-state index contributed by atoms with van der Waals surface area (Å²) in [4.78, 5) is 23.0. The molecule has 1 amide bonds. The minimum absolute atomic E-state index is 0.0862. The number of amides is 1. The predicted molar refractivity (Wildman–Crippen MR) is 72.5 cm³/mol. The van der Waals surface area contributed by atoms with E-state index >= 15 is 0 Å². The molecule has 0 saturated heterocycles. The van der Waals surface area contributed by atoms with Gasteiger partial charge in [0.05, 0.1) is 17.9 Å². The van der Waals surface area contributed by atoms with Crippen molar-refractivity contribution < 1.29 is 14.3 Å². The molecular weight excluding hydrogens is 260 g/mol. The van der Waals surface area contributed by atoms with E-state index in [1.54, 1.807) is 25.1 Å². The highest BCUT2D eigenvalue weighted by molar-refractivity contribution is 5.96. The molecule has 1 aromatic heterocycles. The van der Waals surface area contributed by atoms with Crippen LogP contribution in [0.1, 0.15) is 27.8 Å². The number of esters is 1. The Labute approximate surface area is 115 Å². The summed E-state index contributed by atoms with van der Waals surface area (Å²) in [6.07, 6.45) is 1.51. The quantitative estimate of drug-likeness (QED) is 0.630. The van der Waals surface area contributed by atoms with Gasteiger partial charge < -0.3 is 16.2 Å². The second-order valence-corrected chi connectivity index (χ2v) is 3.97. The van der Waals surface area contributed by atoms with Crippen molar-refractivity contribution in [2.45, 2.75) is 6.92 Å². The number of carbonyl (C=O) groups excluding carboxylic acids is 2. The van der Waals surface area contributed by atoms with Crippen LogP contribution in [0.15, 0.2) is 30.5 Å². The maximum absolute atomic E-state index is 11.9. The van der Waals surface area contributed by atoms with E-state index in [0.29, 0.717) is 11.4 Å². The van der Waals surface area contributed by atoms with Gasteiger partial charge >= 0.3 is 5.97 Å². The van der Waals surface area contributed by atoms with E-state index in [9.17, 15) is 9.59 Å². The number of anilines is 1. The number of primary amides is 1.